The Morgan fingerprint density at radius 1 is 0.364 bits per heavy atom. The van der Waals surface area contributed by atoms with Gasteiger partial charge in [-0.15, -0.1) is 0 Å². The molecule has 0 spiro atoms. The van der Waals surface area contributed by atoms with Crippen molar-refractivity contribution in [2.75, 3.05) is 0 Å². The molecule has 0 N–H and O–H groups in total. The van der Waals surface area contributed by atoms with E-state index in [9.17, 15) is 0 Å². The van der Waals surface area contributed by atoms with Crippen LogP contribution in [-0.4, -0.2) is 0 Å². The SMILES string of the molecule is CCCc1ccc(-c2cccc(-c3ccccc3)c2)cc1.Cc1ccc2c(c1)C(C)(C)c1cc(-c3cccc4c3oc3ccccc34)ccc1-2.Cc1ccc2c(c1)C(C)(C)c1ccccc1-2. The molecule has 0 bridgehead atoms. The second-order valence-corrected chi connectivity index (χ2v) is 19.3. The zero-order chi connectivity index (χ0) is 45.6. The molecule has 12 rings (SSSR count). The van der Waals surface area contributed by atoms with Crippen molar-refractivity contribution in [3.63, 3.8) is 0 Å². The van der Waals surface area contributed by atoms with E-state index in [1.54, 1.807) is 0 Å². The lowest BCUT2D eigenvalue weighted by atomic mass is 9.81. The molecule has 2 aliphatic carbocycles. The van der Waals surface area contributed by atoms with Gasteiger partial charge in [0.1, 0.15) is 11.2 Å². The van der Waals surface area contributed by atoms with Crippen molar-refractivity contribution in [1.29, 1.82) is 0 Å². The third kappa shape index (κ3) is 7.77. The first-order valence-corrected chi connectivity index (χ1v) is 23.6. The molecule has 0 saturated heterocycles. The Balaban J connectivity index is 0.000000122. The molecule has 1 heterocycles. The van der Waals surface area contributed by atoms with E-state index in [1.807, 2.05) is 12.1 Å². The lowest BCUT2D eigenvalue weighted by Gasteiger charge is -2.22. The summed E-state index contributed by atoms with van der Waals surface area (Å²) in [6.07, 6.45) is 2.35. The first kappa shape index (κ1) is 42.7. The van der Waals surface area contributed by atoms with E-state index >= 15 is 0 Å². The molecule has 0 saturated carbocycles. The highest BCUT2D eigenvalue weighted by Gasteiger charge is 2.36. The largest absolute Gasteiger partial charge is 0.455 e. The highest BCUT2D eigenvalue weighted by molar-refractivity contribution is 6.09. The van der Waals surface area contributed by atoms with Crippen LogP contribution < -0.4 is 0 Å². The quantitative estimate of drug-likeness (QED) is 0.168. The summed E-state index contributed by atoms with van der Waals surface area (Å²) in [6, 6.07) is 72.3. The van der Waals surface area contributed by atoms with Crippen LogP contribution in [0.3, 0.4) is 0 Å². The fourth-order valence-corrected chi connectivity index (χ4v) is 10.5. The van der Waals surface area contributed by atoms with Crippen molar-refractivity contribution in [2.45, 2.75) is 72.1 Å². The van der Waals surface area contributed by atoms with Crippen molar-refractivity contribution in [3.8, 4) is 55.6 Å². The Bertz CT molecular complexity index is 3380. The second-order valence-electron chi connectivity index (χ2n) is 19.3. The molecule has 66 heavy (non-hydrogen) atoms. The fourth-order valence-electron chi connectivity index (χ4n) is 10.5. The molecule has 0 radical (unpaired) electrons. The van der Waals surface area contributed by atoms with Gasteiger partial charge in [-0.2, -0.15) is 0 Å². The van der Waals surface area contributed by atoms with Crippen LogP contribution in [0.2, 0.25) is 0 Å². The molecule has 0 atom stereocenters. The first-order chi connectivity index (χ1) is 32.0. The molecule has 1 heteroatoms. The van der Waals surface area contributed by atoms with Gasteiger partial charge in [-0.25, -0.2) is 0 Å². The Morgan fingerprint density at radius 2 is 0.848 bits per heavy atom. The summed E-state index contributed by atoms with van der Waals surface area (Å²) < 4.78 is 6.29. The van der Waals surface area contributed by atoms with E-state index < -0.39 is 0 Å². The van der Waals surface area contributed by atoms with Crippen LogP contribution in [-0.2, 0) is 17.3 Å². The van der Waals surface area contributed by atoms with Gasteiger partial charge in [0.05, 0.1) is 0 Å². The fraction of sp³-hybridized carbons (Fsp3) is 0.169. The first-order valence-electron chi connectivity index (χ1n) is 23.6. The summed E-state index contributed by atoms with van der Waals surface area (Å²) in [7, 11) is 0. The van der Waals surface area contributed by atoms with E-state index in [1.165, 1.54) is 106 Å². The lowest BCUT2D eigenvalue weighted by Crippen LogP contribution is -2.15. The summed E-state index contributed by atoms with van der Waals surface area (Å²) in [6.45, 7) is 15.9. The summed E-state index contributed by atoms with van der Waals surface area (Å²) >= 11 is 0. The van der Waals surface area contributed by atoms with Crippen LogP contribution in [0.25, 0.3) is 77.6 Å². The predicted molar refractivity (Wildman–Crippen MR) is 282 cm³/mol. The monoisotopic (exact) mass is 854 g/mol. The average Bonchev–Trinajstić information content (AvgIpc) is 3.92. The number of benzene rings is 9. The average molecular weight is 855 g/mol. The molecule has 1 nitrogen and oxygen atoms in total. The summed E-state index contributed by atoms with van der Waals surface area (Å²) in [5.74, 6) is 0. The van der Waals surface area contributed by atoms with Crippen molar-refractivity contribution < 1.29 is 4.42 Å². The zero-order valence-corrected chi connectivity index (χ0v) is 39.4. The highest BCUT2D eigenvalue weighted by Crippen LogP contribution is 2.51. The Labute approximate surface area is 391 Å². The minimum atomic E-state index is -0.00549. The van der Waals surface area contributed by atoms with Gasteiger partial charge in [-0.05, 0) is 116 Å². The highest BCUT2D eigenvalue weighted by atomic mass is 16.3. The second kappa shape index (κ2) is 17.3. The molecular formula is C65H58O. The van der Waals surface area contributed by atoms with Crippen LogP contribution in [0.5, 0.6) is 0 Å². The number of fused-ring (bicyclic) bond motifs is 9. The maximum absolute atomic E-state index is 6.29. The topological polar surface area (TPSA) is 13.1 Å². The van der Waals surface area contributed by atoms with Crippen molar-refractivity contribution in [3.05, 3.63) is 239 Å². The number of para-hydroxylation sites is 2. The minimum Gasteiger partial charge on any atom is -0.455 e. The number of hydrogen-bond acceptors (Lipinski definition) is 1. The van der Waals surface area contributed by atoms with Crippen LogP contribution in [0, 0.1) is 13.8 Å². The summed E-state index contributed by atoms with van der Waals surface area (Å²) in [4.78, 5) is 0. The zero-order valence-electron chi connectivity index (χ0n) is 39.4. The maximum atomic E-state index is 6.29. The molecule has 324 valence electrons. The van der Waals surface area contributed by atoms with Crippen LogP contribution in [0.4, 0.5) is 0 Å². The minimum absolute atomic E-state index is 0.00549. The summed E-state index contributed by atoms with van der Waals surface area (Å²) in [5.41, 5.74) is 24.9. The number of hydrogen-bond donors (Lipinski definition) is 0. The number of furan rings is 1. The molecular weight excluding hydrogens is 797 g/mol. The Morgan fingerprint density at radius 3 is 1.53 bits per heavy atom. The van der Waals surface area contributed by atoms with Crippen molar-refractivity contribution in [1.82, 2.24) is 0 Å². The predicted octanol–water partition coefficient (Wildman–Crippen LogP) is 18.1. The van der Waals surface area contributed by atoms with Gasteiger partial charge in [-0.3, -0.25) is 0 Å². The van der Waals surface area contributed by atoms with E-state index in [0.717, 1.165) is 23.2 Å². The van der Waals surface area contributed by atoms with Crippen LogP contribution in [0.1, 0.15) is 80.0 Å². The van der Waals surface area contributed by atoms with E-state index in [0.29, 0.717) is 0 Å². The molecule has 0 fully saturated rings. The molecule has 10 aromatic rings. The molecule has 0 unspecified atom stereocenters. The molecule has 1 aromatic heterocycles. The molecule has 0 aliphatic heterocycles. The Hall–Kier alpha value is -7.22. The standard InChI is InChI=1S/C28H22O.C21H20.C16H16/c1-17-11-13-20-21-14-12-18(16-25(21)28(2,3)24(20)15-17)19-8-6-9-23-22-7-4-5-10-26(22)29-27(19)23;1-2-7-17-12-14-19(15-13-17)21-11-6-10-20(16-21)18-8-4-3-5-9-18;1-11-8-9-13-12-6-4-5-7-14(12)16(2,3)15(13)10-11/h4-16H,1-3H3;3-6,8-16H,2,7H2,1H3;4-10H,1-3H3. The van der Waals surface area contributed by atoms with Gasteiger partial charge < -0.3 is 4.42 Å². The van der Waals surface area contributed by atoms with E-state index in [-0.39, 0.29) is 10.8 Å². The third-order valence-electron chi connectivity index (χ3n) is 14.1. The molecule has 9 aromatic carbocycles. The van der Waals surface area contributed by atoms with Crippen LogP contribution >= 0.6 is 0 Å². The molecule has 2 aliphatic rings. The lowest BCUT2D eigenvalue weighted by molar-refractivity contribution is 0.659. The van der Waals surface area contributed by atoms with E-state index in [4.69, 9.17) is 4.42 Å². The Kier molecular flexibility index (Phi) is 11.2. The maximum Gasteiger partial charge on any atom is 0.143 e. The number of rotatable bonds is 5. The number of aryl methyl sites for hydroxylation is 3. The van der Waals surface area contributed by atoms with Crippen molar-refractivity contribution >= 4 is 21.9 Å². The normalized spacial score (nSPS) is 13.4. The molecule has 0 amide bonds. The van der Waals surface area contributed by atoms with Gasteiger partial charge >= 0.3 is 0 Å². The summed E-state index contributed by atoms with van der Waals surface area (Å²) in [5, 5.41) is 2.35. The van der Waals surface area contributed by atoms with Gasteiger partial charge in [0, 0.05) is 27.2 Å². The van der Waals surface area contributed by atoms with E-state index in [2.05, 4.69) is 237 Å². The van der Waals surface area contributed by atoms with Crippen molar-refractivity contribution in [2.24, 2.45) is 0 Å². The third-order valence-corrected chi connectivity index (χ3v) is 14.1. The van der Waals surface area contributed by atoms with Gasteiger partial charge in [0.15, 0.2) is 0 Å². The van der Waals surface area contributed by atoms with Gasteiger partial charge in [0.25, 0.3) is 0 Å². The van der Waals surface area contributed by atoms with Gasteiger partial charge in [0.2, 0.25) is 0 Å². The smallest absolute Gasteiger partial charge is 0.143 e. The van der Waals surface area contributed by atoms with Gasteiger partial charge in [-0.1, -0.05) is 234 Å². The van der Waals surface area contributed by atoms with Crippen LogP contribution in [0.15, 0.2) is 205 Å².